The smallest absolute Gasteiger partial charge is 0.348 e. The Morgan fingerprint density at radius 1 is 1.31 bits per heavy atom. The second-order valence-electron chi connectivity index (χ2n) is 5.50. The lowest BCUT2D eigenvalue weighted by Crippen LogP contribution is -2.05. The molecule has 3 aromatic rings. The number of thiophene rings is 1. The number of methoxy groups -OCH3 is 1. The van der Waals surface area contributed by atoms with Crippen LogP contribution >= 0.6 is 34.4 Å². The van der Waals surface area contributed by atoms with Gasteiger partial charge in [0.15, 0.2) is 4.34 Å². The van der Waals surface area contributed by atoms with Gasteiger partial charge in [-0.25, -0.2) is 4.79 Å². The quantitative estimate of drug-likeness (QED) is 0.385. The summed E-state index contributed by atoms with van der Waals surface area (Å²) in [5.74, 6) is 0.660. The van der Waals surface area contributed by atoms with Crippen LogP contribution in [0.5, 0.6) is 5.75 Å². The van der Waals surface area contributed by atoms with Crippen molar-refractivity contribution in [1.82, 2.24) is 10.2 Å². The number of rotatable bonds is 8. The highest BCUT2D eigenvalue weighted by atomic mass is 32.2. The van der Waals surface area contributed by atoms with Gasteiger partial charge >= 0.3 is 5.97 Å². The van der Waals surface area contributed by atoms with E-state index in [1.165, 1.54) is 23.1 Å². The molecule has 0 aliphatic heterocycles. The average Bonchev–Trinajstić information content (AvgIpc) is 3.30. The number of hydrogen-bond acceptors (Lipinski definition) is 11. The maximum atomic E-state index is 12.2. The number of benzene rings is 1. The molecule has 0 spiro atoms. The standard InChI is InChI=1S/C18H17N5O3S3/c1-3-26-16(24)14-13(12(8-19)15(20)28-14)9-27-18-23-22-17(29-18)21-10-4-6-11(25-2)7-5-10/h4-7H,3,9,20H2,1-2H3,(H,21,22). The van der Waals surface area contributed by atoms with Crippen molar-refractivity contribution in [1.29, 1.82) is 5.26 Å². The largest absolute Gasteiger partial charge is 0.497 e. The molecule has 0 fully saturated rings. The maximum Gasteiger partial charge on any atom is 0.348 e. The molecule has 3 N–H and O–H groups in total. The summed E-state index contributed by atoms with van der Waals surface area (Å²) < 4.78 is 10.9. The van der Waals surface area contributed by atoms with Gasteiger partial charge in [-0.2, -0.15) is 5.26 Å². The van der Waals surface area contributed by atoms with Crippen molar-refractivity contribution in [2.45, 2.75) is 17.0 Å². The van der Waals surface area contributed by atoms with Gasteiger partial charge in [0.25, 0.3) is 0 Å². The number of nitrogens with zero attached hydrogens (tertiary/aromatic N) is 3. The van der Waals surface area contributed by atoms with Gasteiger partial charge in [0.1, 0.15) is 21.7 Å². The van der Waals surface area contributed by atoms with Gasteiger partial charge in [-0.1, -0.05) is 23.1 Å². The van der Waals surface area contributed by atoms with Gasteiger partial charge in [-0.05, 0) is 31.2 Å². The number of carbonyl (C=O) groups excluding carboxylic acids is 1. The predicted octanol–water partition coefficient (Wildman–Crippen LogP) is 4.27. The van der Waals surface area contributed by atoms with Gasteiger partial charge in [0.05, 0.1) is 19.3 Å². The van der Waals surface area contributed by atoms with Crippen LogP contribution in [0.2, 0.25) is 0 Å². The zero-order chi connectivity index (χ0) is 20.8. The first-order chi connectivity index (χ1) is 14.0. The third-order valence-electron chi connectivity index (χ3n) is 3.69. The molecule has 0 saturated carbocycles. The number of anilines is 3. The minimum absolute atomic E-state index is 0.252. The molecule has 3 rings (SSSR count). The lowest BCUT2D eigenvalue weighted by molar-refractivity contribution is 0.0531. The van der Waals surface area contributed by atoms with Crippen LogP contribution < -0.4 is 15.8 Å². The molecule has 29 heavy (non-hydrogen) atoms. The number of aromatic nitrogens is 2. The van der Waals surface area contributed by atoms with E-state index in [4.69, 9.17) is 15.2 Å². The third-order valence-corrected chi connectivity index (χ3v) is 6.73. The second kappa shape index (κ2) is 9.60. The topological polar surface area (TPSA) is 123 Å². The molecule has 0 saturated heterocycles. The molecule has 0 radical (unpaired) electrons. The lowest BCUT2D eigenvalue weighted by Gasteiger charge is -2.03. The Bertz CT molecular complexity index is 1040. The summed E-state index contributed by atoms with van der Waals surface area (Å²) in [6.45, 7) is 1.98. The van der Waals surface area contributed by atoms with Crippen LogP contribution in [-0.4, -0.2) is 29.9 Å². The number of ether oxygens (including phenoxy) is 2. The van der Waals surface area contributed by atoms with Crippen LogP contribution in [0.1, 0.15) is 27.7 Å². The number of hydrogen-bond donors (Lipinski definition) is 2. The maximum absolute atomic E-state index is 12.2. The highest BCUT2D eigenvalue weighted by Crippen LogP contribution is 2.37. The molecule has 0 aliphatic carbocycles. The second-order valence-corrected chi connectivity index (χ2v) is 8.75. The first-order valence-electron chi connectivity index (χ1n) is 8.41. The number of thioether (sulfide) groups is 1. The Morgan fingerprint density at radius 3 is 2.72 bits per heavy atom. The van der Waals surface area contributed by atoms with E-state index in [1.54, 1.807) is 14.0 Å². The van der Waals surface area contributed by atoms with E-state index in [0.717, 1.165) is 22.8 Å². The van der Waals surface area contributed by atoms with Gasteiger partial charge in [-0.15, -0.1) is 21.5 Å². The molecular weight excluding hydrogens is 430 g/mol. The van der Waals surface area contributed by atoms with E-state index in [0.29, 0.717) is 36.2 Å². The number of esters is 1. The van der Waals surface area contributed by atoms with Crippen LogP contribution in [0.25, 0.3) is 0 Å². The number of nitrogen functional groups attached to an aromatic ring is 1. The van der Waals surface area contributed by atoms with Gasteiger partial charge < -0.3 is 20.5 Å². The van der Waals surface area contributed by atoms with Gasteiger partial charge in [0.2, 0.25) is 5.13 Å². The van der Waals surface area contributed by atoms with Gasteiger partial charge in [-0.3, -0.25) is 0 Å². The molecule has 0 amide bonds. The molecule has 2 aromatic heterocycles. The highest BCUT2D eigenvalue weighted by molar-refractivity contribution is 8.00. The number of nitriles is 1. The Balaban J connectivity index is 1.70. The number of nitrogens with one attached hydrogen (secondary N) is 1. The molecule has 150 valence electrons. The molecule has 1 aromatic carbocycles. The summed E-state index contributed by atoms with van der Waals surface area (Å²) in [7, 11) is 1.61. The summed E-state index contributed by atoms with van der Waals surface area (Å²) in [5.41, 5.74) is 7.64. The summed E-state index contributed by atoms with van der Waals surface area (Å²) in [5, 5.41) is 21.8. The summed E-state index contributed by atoms with van der Waals surface area (Å²) in [6, 6.07) is 9.53. The Hall–Kier alpha value is -2.81. The minimum atomic E-state index is -0.472. The van der Waals surface area contributed by atoms with Crippen LogP contribution in [0.15, 0.2) is 28.6 Å². The summed E-state index contributed by atoms with van der Waals surface area (Å²) in [6.07, 6.45) is 0. The third kappa shape index (κ3) is 4.97. The van der Waals surface area contributed by atoms with Crippen molar-refractivity contribution in [3.63, 3.8) is 0 Å². The first-order valence-corrected chi connectivity index (χ1v) is 11.0. The fraction of sp³-hybridized carbons (Fsp3) is 0.222. The van der Waals surface area contributed by atoms with Crippen molar-refractivity contribution in [3.05, 3.63) is 40.3 Å². The molecule has 2 heterocycles. The van der Waals surface area contributed by atoms with Crippen LogP contribution in [0.3, 0.4) is 0 Å². The fourth-order valence-corrected chi connectivity index (χ4v) is 5.18. The zero-order valence-corrected chi connectivity index (χ0v) is 18.0. The minimum Gasteiger partial charge on any atom is -0.497 e. The Morgan fingerprint density at radius 2 is 2.07 bits per heavy atom. The van der Waals surface area contributed by atoms with E-state index >= 15 is 0 Å². The molecule has 11 heteroatoms. The molecule has 0 aliphatic rings. The highest BCUT2D eigenvalue weighted by Gasteiger charge is 2.23. The zero-order valence-electron chi connectivity index (χ0n) is 15.6. The molecular formula is C18H17N5O3S3. The van der Waals surface area contributed by atoms with E-state index in [9.17, 15) is 10.1 Å². The number of carbonyl (C=O) groups is 1. The van der Waals surface area contributed by atoms with Crippen LogP contribution in [0.4, 0.5) is 15.8 Å². The average molecular weight is 448 g/mol. The molecule has 0 atom stereocenters. The van der Waals surface area contributed by atoms with E-state index in [1.807, 2.05) is 24.3 Å². The molecule has 0 unspecified atom stereocenters. The van der Waals surface area contributed by atoms with Crippen LogP contribution in [0, 0.1) is 11.3 Å². The molecule has 0 bridgehead atoms. The molecule has 8 nitrogen and oxygen atoms in total. The predicted molar refractivity (Wildman–Crippen MR) is 115 cm³/mol. The Kier molecular flexibility index (Phi) is 6.92. The Labute approximate surface area is 179 Å². The van der Waals surface area contributed by atoms with Crippen molar-refractivity contribution in [2.24, 2.45) is 0 Å². The SMILES string of the molecule is CCOC(=O)c1sc(N)c(C#N)c1CSc1nnc(Nc2ccc(OC)cc2)s1. The van der Waals surface area contributed by atoms with Crippen LogP contribution in [-0.2, 0) is 10.5 Å². The monoisotopic (exact) mass is 447 g/mol. The fourth-order valence-electron chi connectivity index (χ4n) is 2.36. The van der Waals surface area contributed by atoms with Crippen molar-refractivity contribution < 1.29 is 14.3 Å². The van der Waals surface area contributed by atoms with E-state index < -0.39 is 5.97 Å². The number of nitrogens with two attached hydrogens (primary N) is 1. The van der Waals surface area contributed by atoms with E-state index in [-0.39, 0.29) is 6.61 Å². The normalized spacial score (nSPS) is 10.4. The summed E-state index contributed by atoms with van der Waals surface area (Å²) >= 11 is 3.82. The van der Waals surface area contributed by atoms with Crippen molar-refractivity contribution in [2.75, 3.05) is 24.8 Å². The first kappa shape index (κ1) is 20.9. The van der Waals surface area contributed by atoms with Crippen molar-refractivity contribution >= 4 is 56.2 Å². The van der Waals surface area contributed by atoms with Crippen molar-refractivity contribution in [3.8, 4) is 11.8 Å². The lowest BCUT2D eigenvalue weighted by atomic mass is 10.2. The van der Waals surface area contributed by atoms with E-state index in [2.05, 4.69) is 21.6 Å². The van der Waals surface area contributed by atoms with Gasteiger partial charge in [0, 0.05) is 17.0 Å². The summed E-state index contributed by atoms with van der Waals surface area (Å²) in [4.78, 5) is 12.5.